The predicted octanol–water partition coefficient (Wildman–Crippen LogP) is 3.25. The molecule has 1 aromatic carbocycles. The highest BCUT2D eigenvalue weighted by Crippen LogP contribution is 2.44. The minimum absolute atomic E-state index is 0.306. The Morgan fingerprint density at radius 2 is 1.94 bits per heavy atom. The fourth-order valence-electron chi connectivity index (χ4n) is 2.88. The van der Waals surface area contributed by atoms with E-state index in [0.29, 0.717) is 5.41 Å². The Bertz CT molecular complexity index is 383. The molecule has 88 valence electrons. The van der Waals surface area contributed by atoms with E-state index < -0.39 is 0 Å². The first-order chi connectivity index (χ1) is 7.63. The van der Waals surface area contributed by atoms with Crippen LogP contribution in [-0.2, 0) is 11.8 Å². The lowest BCUT2D eigenvalue weighted by atomic mass is 9.63. The standard InChI is InChI=1S/C15H23N/c1-4-13-8-11(2)12(3)14(9-13)15(10-16)6-5-7-15/h8-9H,4-7,10,16H2,1-3H3. The first-order valence-electron chi connectivity index (χ1n) is 6.43. The molecule has 0 bridgehead atoms. The average molecular weight is 217 g/mol. The Morgan fingerprint density at radius 3 is 2.38 bits per heavy atom. The summed E-state index contributed by atoms with van der Waals surface area (Å²) >= 11 is 0. The molecule has 0 amide bonds. The molecule has 0 aliphatic heterocycles. The van der Waals surface area contributed by atoms with Crippen molar-refractivity contribution in [3.8, 4) is 0 Å². The van der Waals surface area contributed by atoms with Crippen LogP contribution in [0.5, 0.6) is 0 Å². The number of benzene rings is 1. The Kier molecular flexibility index (Phi) is 3.07. The van der Waals surface area contributed by atoms with Gasteiger partial charge in [0, 0.05) is 12.0 Å². The lowest BCUT2D eigenvalue weighted by molar-refractivity contribution is 0.251. The van der Waals surface area contributed by atoms with E-state index in [2.05, 4.69) is 32.9 Å². The maximum atomic E-state index is 6.01. The van der Waals surface area contributed by atoms with Crippen LogP contribution >= 0.6 is 0 Å². The molecule has 0 aromatic heterocycles. The molecular formula is C15H23N. The Balaban J connectivity index is 2.50. The summed E-state index contributed by atoms with van der Waals surface area (Å²) in [5, 5.41) is 0. The van der Waals surface area contributed by atoms with Crippen LogP contribution in [0.3, 0.4) is 0 Å². The molecule has 2 N–H and O–H groups in total. The van der Waals surface area contributed by atoms with E-state index in [0.717, 1.165) is 13.0 Å². The van der Waals surface area contributed by atoms with Crippen LogP contribution in [0.25, 0.3) is 0 Å². The van der Waals surface area contributed by atoms with E-state index in [-0.39, 0.29) is 0 Å². The second-order valence-corrected chi connectivity index (χ2v) is 5.28. The van der Waals surface area contributed by atoms with Gasteiger partial charge in [-0.15, -0.1) is 0 Å². The number of rotatable bonds is 3. The molecular weight excluding hydrogens is 194 g/mol. The Hall–Kier alpha value is -0.820. The largest absolute Gasteiger partial charge is 0.330 e. The maximum Gasteiger partial charge on any atom is 0.00783 e. The molecule has 1 aromatic rings. The zero-order valence-electron chi connectivity index (χ0n) is 10.8. The average Bonchev–Trinajstić information content (AvgIpc) is 2.23. The van der Waals surface area contributed by atoms with Crippen molar-refractivity contribution in [1.82, 2.24) is 0 Å². The molecule has 0 radical (unpaired) electrons. The van der Waals surface area contributed by atoms with Crippen molar-refractivity contribution in [2.75, 3.05) is 6.54 Å². The summed E-state index contributed by atoms with van der Waals surface area (Å²) in [7, 11) is 0. The minimum atomic E-state index is 0.306. The first-order valence-corrected chi connectivity index (χ1v) is 6.43. The van der Waals surface area contributed by atoms with E-state index >= 15 is 0 Å². The molecule has 1 saturated carbocycles. The SMILES string of the molecule is CCc1cc(C)c(C)c(C2(CN)CCC2)c1. The molecule has 16 heavy (non-hydrogen) atoms. The van der Waals surface area contributed by atoms with Gasteiger partial charge < -0.3 is 5.73 Å². The monoisotopic (exact) mass is 217 g/mol. The van der Waals surface area contributed by atoms with Gasteiger partial charge in [-0.2, -0.15) is 0 Å². The van der Waals surface area contributed by atoms with Gasteiger partial charge in [-0.3, -0.25) is 0 Å². The summed E-state index contributed by atoms with van der Waals surface area (Å²) in [5.41, 5.74) is 12.2. The van der Waals surface area contributed by atoms with Crippen molar-refractivity contribution in [1.29, 1.82) is 0 Å². The molecule has 2 rings (SSSR count). The van der Waals surface area contributed by atoms with Crippen molar-refractivity contribution in [3.05, 3.63) is 34.4 Å². The molecule has 0 unspecified atom stereocenters. The quantitative estimate of drug-likeness (QED) is 0.826. The van der Waals surface area contributed by atoms with Gasteiger partial charge in [-0.1, -0.05) is 25.5 Å². The molecule has 1 aliphatic rings. The summed E-state index contributed by atoms with van der Waals surface area (Å²) in [4.78, 5) is 0. The summed E-state index contributed by atoms with van der Waals surface area (Å²) < 4.78 is 0. The van der Waals surface area contributed by atoms with Crippen molar-refractivity contribution in [2.45, 2.75) is 51.9 Å². The van der Waals surface area contributed by atoms with E-state index in [1.165, 1.54) is 41.5 Å². The van der Waals surface area contributed by atoms with Crippen LogP contribution in [0.2, 0.25) is 0 Å². The zero-order chi connectivity index (χ0) is 11.8. The fourth-order valence-corrected chi connectivity index (χ4v) is 2.88. The van der Waals surface area contributed by atoms with Crippen molar-refractivity contribution < 1.29 is 0 Å². The molecule has 1 heteroatoms. The van der Waals surface area contributed by atoms with Gasteiger partial charge in [0.25, 0.3) is 0 Å². The number of nitrogens with two attached hydrogens (primary N) is 1. The molecule has 0 spiro atoms. The number of aryl methyl sites for hydroxylation is 2. The van der Waals surface area contributed by atoms with Crippen LogP contribution in [0.15, 0.2) is 12.1 Å². The lowest BCUT2D eigenvalue weighted by Gasteiger charge is -2.43. The van der Waals surface area contributed by atoms with E-state index in [1.807, 2.05) is 0 Å². The van der Waals surface area contributed by atoms with Gasteiger partial charge in [0.15, 0.2) is 0 Å². The summed E-state index contributed by atoms with van der Waals surface area (Å²) in [6, 6.07) is 4.72. The lowest BCUT2D eigenvalue weighted by Crippen LogP contribution is -2.42. The molecule has 0 saturated heterocycles. The van der Waals surface area contributed by atoms with Crippen LogP contribution in [0.1, 0.15) is 48.4 Å². The van der Waals surface area contributed by atoms with Crippen molar-refractivity contribution >= 4 is 0 Å². The highest BCUT2D eigenvalue weighted by atomic mass is 14.6. The second kappa shape index (κ2) is 4.21. The van der Waals surface area contributed by atoms with Gasteiger partial charge in [0.1, 0.15) is 0 Å². The second-order valence-electron chi connectivity index (χ2n) is 5.28. The van der Waals surface area contributed by atoms with Gasteiger partial charge in [0.05, 0.1) is 0 Å². The minimum Gasteiger partial charge on any atom is -0.330 e. The third-order valence-corrected chi connectivity index (χ3v) is 4.41. The normalized spacial score (nSPS) is 18.2. The van der Waals surface area contributed by atoms with Crippen LogP contribution in [0, 0.1) is 13.8 Å². The summed E-state index contributed by atoms with van der Waals surface area (Å²) in [6.07, 6.45) is 5.01. The Morgan fingerprint density at radius 1 is 1.25 bits per heavy atom. The summed E-state index contributed by atoms with van der Waals surface area (Å²) in [5.74, 6) is 0. The van der Waals surface area contributed by atoms with Crippen molar-refractivity contribution in [2.24, 2.45) is 5.73 Å². The highest BCUT2D eigenvalue weighted by molar-refractivity contribution is 5.43. The van der Waals surface area contributed by atoms with Gasteiger partial charge in [-0.05, 0) is 55.4 Å². The Labute approximate surface area is 99.0 Å². The van der Waals surface area contributed by atoms with E-state index in [1.54, 1.807) is 0 Å². The van der Waals surface area contributed by atoms with Gasteiger partial charge >= 0.3 is 0 Å². The van der Waals surface area contributed by atoms with Crippen LogP contribution < -0.4 is 5.73 Å². The molecule has 1 nitrogen and oxygen atoms in total. The highest BCUT2D eigenvalue weighted by Gasteiger charge is 2.38. The van der Waals surface area contributed by atoms with Crippen molar-refractivity contribution in [3.63, 3.8) is 0 Å². The molecule has 1 aliphatic carbocycles. The third-order valence-electron chi connectivity index (χ3n) is 4.41. The van der Waals surface area contributed by atoms with Crippen LogP contribution in [0.4, 0.5) is 0 Å². The van der Waals surface area contributed by atoms with Gasteiger partial charge in [0.2, 0.25) is 0 Å². The van der Waals surface area contributed by atoms with E-state index in [4.69, 9.17) is 5.73 Å². The number of hydrogen-bond donors (Lipinski definition) is 1. The fraction of sp³-hybridized carbons (Fsp3) is 0.600. The smallest absolute Gasteiger partial charge is 0.00783 e. The summed E-state index contributed by atoms with van der Waals surface area (Å²) in [6.45, 7) is 7.50. The predicted molar refractivity (Wildman–Crippen MR) is 69.9 cm³/mol. The number of hydrogen-bond acceptors (Lipinski definition) is 1. The zero-order valence-corrected chi connectivity index (χ0v) is 10.8. The maximum absolute atomic E-state index is 6.01. The molecule has 1 fully saturated rings. The third kappa shape index (κ3) is 1.67. The van der Waals surface area contributed by atoms with Gasteiger partial charge in [-0.25, -0.2) is 0 Å². The molecule has 0 heterocycles. The van der Waals surface area contributed by atoms with E-state index in [9.17, 15) is 0 Å². The van der Waals surface area contributed by atoms with Crippen LogP contribution in [-0.4, -0.2) is 6.54 Å². The topological polar surface area (TPSA) is 26.0 Å². The molecule has 0 atom stereocenters. The first kappa shape index (κ1) is 11.7.